The molecule has 0 saturated heterocycles. The summed E-state index contributed by atoms with van der Waals surface area (Å²) in [7, 11) is 0. The highest BCUT2D eigenvalue weighted by Crippen LogP contribution is 2.29. The first-order chi connectivity index (χ1) is 15.3. The first-order valence-electron chi connectivity index (χ1n) is 10.4. The van der Waals surface area contributed by atoms with Gasteiger partial charge < -0.3 is 9.47 Å². The van der Waals surface area contributed by atoms with Crippen LogP contribution in [0.4, 0.5) is 0 Å². The van der Waals surface area contributed by atoms with Gasteiger partial charge in [0.2, 0.25) is 0 Å². The zero-order valence-corrected chi connectivity index (χ0v) is 18.8. The van der Waals surface area contributed by atoms with Crippen LogP contribution in [0.1, 0.15) is 47.4 Å². The zero-order chi connectivity index (χ0) is 23.7. The zero-order valence-electron chi connectivity index (χ0n) is 18.8. The summed E-state index contributed by atoms with van der Waals surface area (Å²) in [6, 6.07) is 14.1. The summed E-state index contributed by atoms with van der Waals surface area (Å²) in [6.45, 7) is 18.8. The summed E-state index contributed by atoms with van der Waals surface area (Å²) in [4.78, 5) is 26.1. The molecule has 0 heterocycles. The molecule has 0 N–H and O–H groups in total. The first-order valence-corrected chi connectivity index (χ1v) is 10.4. The highest BCUT2D eigenvalue weighted by molar-refractivity contribution is 6.03. The van der Waals surface area contributed by atoms with E-state index in [1.165, 1.54) is 0 Å². The molecule has 0 spiro atoms. The van der Waals surface area contributed by atoms with Crippen LogP contribution in [0, 0.1) is 0 Å². The fourth-order valence-electron chi connectivity index (χ4n) is 3.18. The average molecular weight is 431 g/mol. The van der Waals surface area contributed by atoms with E-state index in [0.29, 0.717) is 35.1 Å². The minimum Gasteiger partial charge on any atom is -0.454 e. The normalized spacial score (nSPS) is 12.2. The van der Waals surface area contributed by atoms with Crippen molar-refractivity contribution in [3.8, 4) is 11.1 Å². The molecule has 0 aliphatic rings. The highest BCUT2D eigenvalue weighted by Gasteiger charge is 2.23. The second-order valence-electron chi connectivity index (χ2n) is 7.62. The Hall–Kier alpha value is -3.66. The van der Waals surface area contributed by atoms with Gasteiger partial charge in [0, 0.05) is 12.8 Å². The SMILES string of the molecule is C=CCC(OC(=O)c1ccccc1-c1ccccc1C(=O)OC(CC=C)C(=C)C)C(=C)C. The van der Waals surface area contributed by atoms with Crippen molar-refractivity contribution < 1.29 is 19.1 Å². The predicted molar refractivity (Wildman–Crippen MR) is 130 cm³/mol. The third kappa shape index (κ3) is 6.17. The lowest BCUT2D eigenvalue weighted by atomic mass is 9.95. The summed E-state index contributed by atoms with van der Waals surface area (Å²) in [5.74, 6) is -0.991. The van der Waals surface area contributed by atoms with Crippen LogP contribution in [0.3, 0.4) is 0 Å². The molecule has 2 aromatic rings. The Labute approximate surface area is 190 Å². The van der Waals surface area contributed by atoms with Gasteiger partial charge in [-0.25, -0.2) is 9.59 Å². The van der Waals surface area contributed by atoms with E-state index in [-0.39, 0.29) is 0 Å². The van der Waals surface area contributed by atoms with Crippen LogP contribution >= 0.6 is 0 Å². The van der Waals surface area contributed by atoms with Gasteiger partial charge in [-0.05, 0) is 48.3 Å². The van der Waals surface area contributed by atoms with Gasteiger partial charge in [-0.15, -0.1) is 13.2 Å². The lowest BCUT2D eigenvalue weighted by Crippen LogP contribution is -2.20. The Morgan fingerprint density at radius 2 is 1.09 bits per heavy atom. The Morgan fingerprint density at radius 1 is 0.750 bits per heavy atom. The van der Waals surface area contributed by atoms with Crippen molar-refractivity contribution in [2.24, 2.45) is 0 Å². The molecule has 32 heavy (non-hydrogen) atoms. The van der Waals surface area contributed by atoms with Crippen molar-refractivity contribution in [3.05, 3.63) is 109 Å². The minimum absolute atomic E-state index is 0.352. The van der Waals surface area contributed by atoms with E-state index in [1.54, 1.807) is 62.4 Å². The third-order valence-corrected chi connectivity index (χ3v) is 4.94. The fraction of sp³-hybridized carbons (Fsp3) is 0.214. The molecule has 0 bridgehead atoms. The van der Waals surface area contributed by atoms with Gasteiger partial charge in [-0.3, -0.25) is 0 Å². The van der Waals surface area contributed by atoms with Crippen molar-refractivity contribution in [2.75, 3.05) is 0 Å². The maximum atomic E-state index is 13.0. The number of rotatable bonds is 11. The number of hydrogen-bond donors (Lipinski definition) is 0. The molecule has 0 aromatic heterocycles. The number of esters is 2. The second kappa shape index (κ2) is 11.7. The monoisotopic (exact) mass is 430 g/mol. The molecule has 0 radical (unpaired) electrons. The molecular weight excluding hydrogens is 400 g/mol. The van der Waals surface area contributed by atoms with Gasteiger partial charge in [0.05, 0.1) is 11.1 Å². The van der Waals surface area contributed by atoms with Crippen LogP contribution in [0.2, 0.25) is 0 Å². The maximum Gasteiger partial charge on any atom is 0.339 e. The highest BCUT2D eigenvalue weighted by atomic mass is 16.5. The third-order valence-electron chi connectivity index (χ3n) is 4.94. The summed E-state index contributed by atoms with van der Waals surface area (Å²) in [5, 5.41) is 0. The van der Waals surface area contributed by atoms with E-state index < -0.39 is 24.1 Å². The molecular formula is C28H30O4. The smallest absolute Gasteiger partial charge is 0.339 e. The quantitative estimate of drug-likeness (QED) is 0.294. The maximum absolute atomic E-state index is 13.0. The van der Waals surface area contributed by atoms with Crippen LogP contribution in [0.5, 0.6) is 0 Å². The molecule has 2 aromatic carbocycles. The number of ether oxygens (including phenoxy) is 2. The van der Waals surface area contributed by atoms with Gasteiger partial charge in [0.1, 0.15) is 12.2 Å². The van der Waals surface area contributed by atoms with Crippen LogP contribution in [-0.4, -0.2) is 24.1 Å². The Morgan fingerprint density at radius 3 is 1.41 bits per heavy atom. The molecule has 2 rings (SSSR count). The topological polar surface area (TPSA) is 52.6 Å². The van der Waals surface area contributed by atoms with Crippen LogP contribution < -0.4 is 0 Å². The van der Waals surface area contributed by atoms with Gasteiger partial charge in [-0.1, -0.05) is 61.7 Å². The molecule has 166 valence electrons. The summed E-state index contributed by atoms with van der Waals surface area (Å²) in [5.41, 5.74) is 3.33. The Bertz CT molecular complexity index is 948. The van der Waals surface area contributed by atoms with Crippen molar-refractivity contribution in [3.63, 3.8) is 0 Å². The van der Waals surface area contributed by atoms with Crippen molar-refractivity contribution >= 4 is 11.9 Å². The molecule has 0 aliphatic heterocycles. The molecule has 0 saturated carbocycles. The van der Waals surface area contributed by atoms with Crippen LogP contribution in [0.25, 0.3) is 11.1 Å². The number of carbonyl (C=O) groups excluding carboxylic acids is 2. The number of carbonyl (C=O) groups is 2. The summed E-state index contributed by atoms with van der Waals surface area (Å²) >= 11 is 0. The Balaban J connectivity index is 2.44. The van der Waals surface area contributed by atoms with E-state index in [2.05, 4.69) is 26.3 Å². The van der Waals surface area contributed by atoms with E-state index >= 15 is 0 Å². The minimum atomic E-state index is -0.495. The lowest BCUT2D eigenvalue weighted by Gasteiger charge is -2.19. The first kappa shape index (κ1) is 24.6. The van der Waals surface area contributed by atoms with Crippen molar-refractivity contribution in [2.45, 2.75) is 38.9 Å². The standard InChI is InChI=1S/C28H30O4/c1-7-13-25(19(3)4)31-27(29)23-17-11-9-15-21(23)22-16-10-12-18-24(22)28(30)32-26(14-8-2)20(5)6/h7-12,15-18,25-26H,1-3,5,13-14H2,4,6H3. The fourth-order valence-corrected chi connectivity index (χ4v) is 3.18. The predicted octanol–water partition coefficient (Wildman–Crippen LogP) is 6.71. The number of hydrogen-bond acceptors (Lipinski definition) is 4. The van der Waals surface area contributed by atoms with E-state index in [1.807, 2.05) is 12.1 Å². The van der Waals surface area contributed by atoms with Gasteiger partial charge >= 0.3 is 11.9 Å². The van der Waals surface area contributed by atoms with E-state index in [4.69, 9.17) is 9.47 Å². The van der Waals surface area contributed by atoms with Gasteiger partial charge in [0.25, 0.3) is 0 Å². The Kier molecular flexibility index (Phi) is 8.96. The van der Waals surface area contributed by atoms with Crippen LogP contribution in [0.15, 0.2) is 98.1 Å². The summed E-state index contributed by atoms with van der Waals surface area (Å²) < 4.78 is 11.4. The molecule has 0 fully saturated rings. The average Bonchev–Trinajstić information content (AvgIpc) is 2.78. The van der Waals surface area contributed by atoms with Gasteiger partial charge in [0.15, 0.2) is 0 Å². The van der Waals surface area contributed by atoms with Crippen molar-refractivity contribution in [1.82, 2.24) is 0 Å². The largest absolute Gasteiger partial charge is 0.454 e. The molecule has 2 atom stereocenters. The number of benzene rings is 2. The van der Waals surface area contributed by atoms with Crippen molar-refractivity contribution in [1.29, 1.82) is 0 Å². The lowest BCUT2D eigenvalue weighted by molar-refractivity contribution is 0.0369. The second-order valence-corrected chi connectivity index (χ2v) is 7.62. The summed E-state index contributed by atoms with van der Waals surface area (Å²) in [6.07, 6.45) is 3.37. The molecule has 4 heteroatoms. The van der Waals surface area contributed by atoms with Crippen LogP contribution in [-0.2, 0) is 9.47 Å². The van der Waals surface area contributed by atoms with E-state index in [9.17, 15) is 9.59 Å². The molecule has 4 nitrogen and oxygen atoms in total. The van der Waals surface area contributed by atoms with E-state index in [0.717, 1.165) is 11.1 Å². The van der Waals surface area contributed by atoms with Gasteiger partial charge in [-0.2, -0.15) is 0 Å². The molecule has 0 aliphatic carbocycles. The molecule has 0 amide bonds. The molecule has 2 unspecified atom stereocenters.